The summed E-state index contributed by atoms with van der Waals surface area (Å²) in [4.78, 5) is 0. The summed E-state index contributed by atoms with van der Waals surface area (Å²) in [7, 11) is 3.42. The molecule has 1 fully saturated rings. The Hall–Kier alpha value is -1.26. The average Bonchev–Trinajstić information content (AvgIpc) is 3.03. The third kappa shape index (κ3) is 2.94. The first kappa shape index (κ1) is 16.6. The number of hydrazine groups is 1. The van der Waals surface area contributed by atoms with Gasteiger partial charge in [0.1, 0.15) is 0 Å². The van der Waals surface area contributed by atoms with Gasteiger partial charge in [-0.3, -0.25) is 0 Å². The Morgan fingerprint density at radius 1 is 1.04 bits per heavy atom. The van der Waals surface area contributed by atoms with E-state index in [1.54, 1.807) is 14.2 Å². The van der Waals surface area contributed by atoms with E-state index in [-0.39, 0.29) is 0 Å². The van der Waals surface area contributed by atoms with Crippen molar-refractivity contribution in [1.29, 1.82) is 0 Å². The van der Waals surface area contributed by atoms with E-state index >= 15 is 0 Å². The van der Waals surface area contributed by atoms with Gasteiger partial charge in [0, 0.05) is 25.2 Å². The normalized spacial score (nSPS) is 25.7. The summed E-state index contributed by atoms with van der Waals surface area (Å²) in [5.74, 6) is 2.38. The second kappa shape index (κ2) is 6.70. The van der Waals surface area contributed by atoms with Crippen LogP contribution >= 0.6 is 0 Å². The molecule has 1 aromatic rings. The van der Waals surface area contributed by atoms with Crippen LogP contribution < -0.4 is 9.47 Å². The van der Waals surface area contributed by atoms with Crippen molar-refractivity contribution in [2.45, 2.75) is 52.1 Å². The zero-order valence-corrected chi connectivity index (χ0v) is 15.1. The van der Waals surface area contributed by atoms with Crippen LogP contribution in [-0.4, -0.2) is 43.4 Å². The zero-order chi connectivity index (χ0) is 16.6. The molecule has 0 saturated carbocycles. The summed E-state index contributed by atoms with van der Waals surface area (Å²) in [5, 5.41) is 5.22. The first-order valence-electron chi connectivity index (χ1n) is 8.84. The van der Waals surface area contributed by atoms with Crippen molar-refractivity contribution in [2.24, 2.45) is 5.92 Å². The van der Waals surface area contributed by atoms with Crippen LogP contribution in [-0.2, 0) is 6.42 Å². The summed E-state index contributed by atoms with van der Waals surface area (Å²) in [6.07, 6.45) is 3.70. The minimum Gasteiger partial charge on any atom is -0.493 e. The smallest absolute Gasteiger partial charge is 0.161 e. The van der Waals surface area contributed by atoms with Crippen LogP contribution in [0.25, 0.3) is 0 Å². The Morgan fingerprint density at radius 2 is 1.74 bits per heavy atom. The van der Waals surface area contributed by atoms with Crippen molar-refractivity contribution in [3.05, 3.63) is 23.3 Å². The van der Waals surface area contributed by atoms with E-state index in [1.165, 1.54) is 30.5 Å². The molecule has 2 heterocycles. The van der Waals surface area contributed by atoms with E-state index in [2.05, 4.69) is 42.9 Å². The SMILES string of the molecule is COc1cc2c(cc1OC)[C@H](C)N(N1CCC[C@H]1C(C)C)CC2. The second-order valence-corrected chi connectivity index (χ2v) is 7.11. The molecule has 0 spiro atoms. The molecule has 0 bridgehead atoms. The molecule has 2 aliphatic heterocycles. The molecule has 4 heteroatoms. The highest BCUT2D eigenvalue weighted by atomic mass is 16.5. The van der Waals surface area contributed by atoms with Crippen LogP contribution in [0.5, 0.6) is 11.5 Å². The lowest BCUT2D eigenvalue weighted by atomic mass is 9.93. The number of benzene rings is 1. The van der Waals surface area contributed by atoms with E-state index in [0.717, 1.165) is 24.5 Å². The van der Waals surface area contributed by atoms with Crippen molar-refractivity contribution < 1.29 is 9.47 Å². The lowest BCUT2D eigenvalue weighted by Crippen LogP contribution is -2.50. The van der Waals surface area contributed by atoms with E-state index in [0.29, 0.717) is 18.0 Å². The van der Waals surface area contributed by atoms with Crippen LogP contribution in [0.1, 0.15) is 50.8 Å². The van der Waals surface area contributed by atoms with E-state index in [9.17, 15) is 0 Å². The molecule has 0 N–H and O–H groups in total. The summed E-state index contributed by atoms with van der Waals surface area (Å²) < 4.78 is 11.0. The van der Waals surface area contributed by atoms with Gasteiger partial charge in [-0.1, -0.05) is 13.8 Å². The summed E-state index contributed by atoms with van der Waals surface area (Å²) in [6, 6.07) is 5.40. The Balaban J connectivity index is 1.89. The Morgan fingerprint density at radius 3 is 2.39 bits per heavy atom. The lowest BCUT2D eigenvalue weighted by Gasteiger charge is -2.44. The molecule has 0 radical (unpaired) electrons. The van der Waals surface area contributed by atoms with Crippen molar-refractivity contribution in [3.63, 3.8) is 0 Å². The van der Waals surface area contributed by atoms with Crippen LogP contribution in [0, 0.1) is 5.92 Å². The second-order valence-electron chi connectivity index (χ2n) is 7.11. The number of rotatable bonds is 4. The number of hydrogen-bond acceptors (Lipinski definition) is 4. The highest BCUT2D eigenvalue weighted by Gasteiger charge is 2.36. The van der Waals surface area contributed by atoms with Gasteiger partial charge in [-0.05, 0) is 55.4 Å². The number of hydrogen-bond donors (Lipinski definition) is 0. The Labute approximate surface area is 140 Å². The Kier molecular flexibility index (Phi) is 4.83. The molecule has 0 amide bonds. The monoisotopic (exact) mass is 318 g/mol. The van der Waals surface area contributed by atoms with Crippen molar-refractivity contribution in [3.8, 4) is 11.5 Å². The highest BCUT2D eigenvalue weighted by Crippen LogP contribution is 2.40. The molecular formula is C19H30N2O2. The van der Waals surface area contributed by atoms with Gasteiger partial charge in [-0.2, -0.15) is 0 Å². The van der Waals surface area contributed by atoms with Crippen LogP contribution in [0.4, 0.5) is 0 Å². The number of nitrogens with zero attached hydrogens (tertiary/aromatic N) is 2. The fourth-order valence-corrected chi connectivity index (χ4v) is 4.26. The van der Waals surface area contributed by atoms with Crippen molar-refractivity contribution in [1.82, 2.24) is 10.0 Å². The first-order valence-corrected chi connectivity index (χ1v) is 8.84. The average molecular weight is 318 g/mol. The molecule has 128 valence electrons. The molecule has 3 rings (SSSR count). The maximum absolute atomic E-state index is 5.51. The molecule has 23 heavy (non-hydrogen) atoms. The topological polar surface area (TPSA) is 24.9 Å². The molecule has 2 atom stereocenters. The van der Waals surface area contributed by atoms with Gasteiger partial charge >= 0.3 is 0 Å². The summed E-state index contributed by atoms with van der Waals surface area (Å²) in [6.45, 7) is 9.29. The largest absolute Gasteiger partial charge is 0.493 e. The molecule has 0 unspecified atom stereocenters. The maximum Gasteiger partial charge on any atom is 0.161 e. The predicted molar refractivity (Wildman–Crippen MR) is 92.9 cm³/mol. The van der Waals surface area contributed by atoms with Gasteiger partial charge < -0.3 is 9.47 Å². The summed E-state index contributed by atoms with van der Waals surface area (Å²) in [5.41, 5.74) is 2.77. The highest BCUT2D eigenvalue weighted by molar-refractivity contribution is 5.49. The fourth-order valence-electron chi connectivity index (χ4n) is 4.26. The van der Waals surface area contributed by atoms with Crippen LogP contribution in [0.15, 0.2) is 12.1 Å². The quantitative estimate of drug-likeness (QED) is 0.846. The number of fused-ring (bicyclic) bond motifs is 1. The van der Waals surface area contributed by atoms with E-state index in [1.807, 2.05) is 0 Å². The van der Waals surface area contributed by atoms with Gasteiger partial charge in [0.25, 0.3) is 0 Å². The molecule has 1 saturated heterocycles. The Bertz CT molecular complexity index is 559. The van der Waals surface area contributed by atoms with E-state index < -0.39 is 0 Å². The first-order chi connectivity index (χ1) is 11.1. The predicted octanol–water partition coefficient (Wildman–Crippen LogP) is 3.66. The summed E-state index contributed by atoms with van der Waals surface area (Å²) >= 11 is 0. The number of ether oxygens (including phenoxy) is 2. The molecule has 0 aromatic heterocycles. The molecule has 1 aromatic carbocycles. The van der Waals surface area contributed by atoms with Crippen LogP contribution in [0.2, 0.25) is 0 Å². The third-order valence-electron chi connectivity index (χ3n) is 5.52. The van der Waals surface area contributed by atoms with Crippen LogP contribution in [0.3, 0.4) is 0 Å². The lowest BCUT2D eigenvalue weighted by molar-refractivity contribution is -0.0826. The standard InChI is InChI=1S/C19H30N2O2/c1-13(2)17-7-6-9-21(17)20-10-8-15-11-18(22-4)19(23-5)12-16(15)14(20)3/h11-14,17H,6-10H2,1-5H3/t14-,17-/m0/s1. The third-order valence-corrected chi connectivity index (χ3v) is 5.52. The number of methoxy groups -OCH3 is 2. The van der Waals surface area contributed by atoms with E-state index in [4.69, 9.17) is 9.47 Å². The van der Waals surface area contributed by atoms with Gasteiger partial charge in [-0.15, -0.1) is 0 Å². The van der Waals surface area contributed by atoms with Crippen molar-refractivity contribution >= 4 is 0 Å². The van der Waals surface area contributed by atoms with Crippen molar-refractivity contribution in [2.75, 3.05) is 27.3 Å². The minimum absolute atomic E-state index is 0.387. The van der Waals surface area contributed by atoms with Gasteiger partial charge in [-0.25, -0.2) is 10.0 Å². The van der Waals surface area contributed by atoms with Gasteiger partial charge in [0.2, 0.25) is 0 Å². The minimum atomic E-state index is 0.387. The fraction of sp³-hybridized carbons (Fsp3) is 0.684. The molecular weight excluding hydrogens is 288 g/mol. The van der Waals surface area contributed by atoms with Gasteiger partial charge in [0.15, 0.2) is 11.5 Å². The molecule has 2 aliphatic rings. The van der Waals surface area contributed by atoms with Gasteiger partial charge in [0.05, 0.1) is 14.2 Å². The zero-order valence-electron chi connectivity index (χ0n) is 15.1. The maximum atomic E-state index is 5.51. The molecule has 0 aliphatic carbocycles. The molecule has 4 nitrogen and oxygen atoms in total.